The van der Waals surface area contributed by atoms with Crippen LogP contribution in [-0.4, -0.2) is 41.9 Å². The predicted molar refractivity (Wildman–Crippen MR) is 110 cm³/mol. The Bertz CT molecular complexity index is 937. The van der Waals surface area contributed by atoms with E-state index in [1.54, 1.807) is 6.08 Å². The van der Waals surface area contributed by atoms with Crippen LogP contribution in [0.2, 0.25) is 0 Å². The van der Waals surface area contributed by atoms with Crippen LogP contribution in [0, 0.1) is 6.92 Å². The number of anilines is 2. The van der Waals surface area contributed by atoms with Crippen LogP contribution < -0.4 is 9.80 Å². The van der Waals surface area contributed by atoms with Crippen LogP contribution in [0.3, 0.4) is 0 Å². The minimum atomic E-state index is 0.0886. The SMILES string of the molecule is Cc1nc2c3c(c(N4CCCCC4)cc(N4CCCCC4)c3n1)C(=O)C=C2. The first-order chi connectivity index (χ1) is 13.2. The van der Waals surface area contributed by atoms with Crippen LogP contribution in [0.5, 0.6) is 0 Å². The van der Waals surface area contributed by atoms with Gasteiger partial charge in [0, 0.05) is 31.6 Å². The van der Waals surface area contributed by atoms with Gasteiger partial charge in [-0.1, -0.05) is 0 Å². The Morgan fingerprint density at radius 2 is 1.44 bits per heavy atom. The molecule has 5 nitrogen and oxygen atoms in total. The molecular weight excluding hydrogens is 336 g/mol. The maximum atomic E-state index is 12.9. The molecule has 0 atom stereocenters. The third-order valence-corrected chi connectivity index (χ3v) is 6.10. The highest BCUT2D eigenvalue weighted by atomic mass is 16.1. The van der Waals surface area contributed by atoms with Gasteiger partial charge in [0.15, 0.2) is 5.78 Å². The molecule has 5 rings (SSSR count). The van der Waals surface area contributed by atoms with Crippen molar-refractivity contribution in [3.05, 3.63) is 29.2 Å². The van der Waals surface area contributed by atoms with Gasteiger partial charge in [-0.2, -0.15) is 0 Å². The van der Waals surface area contributed by atoms with E-state index < -0.39 is 0 Å². The summed E-state index contributed by atoms with van der Waals surface area (Å²) in [6.45, 7) is 6.12. The molecule has 2 fully saturated rings. The van der Waals surface area contributed by atoms with Crippen LogP contribution in [-0.2, 0) is 0 Å². The number of hydrogen-bond acceptors (Lipinski definition) is 5. The molecule has 0 amide bonds. The molecule has 3 aliphatic rings. The summed E-state index contributed by atoms with van der Waals surface area (Å²) in [7, 11) is 0. The molecule has 3 heterocycles. The van der Waals surface area contributed by atoms with E-state index >= 15 is 0 Å². The van der Waals surface area contributed by atoms with E-state index in [2.05, 4.69) is 20.9 Å². The summed E-state index contributed by atoms with van der Waals surface area (Å²) in [6.07, 6.45) is 10.9. The van der Waals surface area contributed by atoms with Crippen LogP contribution in [0.4, 0.5) is 11.4 Å². The lowest BCUT2D eigenvalue weighted by atomic mass is 9.93. The Balaban J connectivity index is 1.79. The molecule has 1 aromatic heterocycles. The number of piperidine rings is 2. The van der Waals surface area contributed by atoms with Crippen LogP contribution in [0.1, 0.15) is 60.4 Å². The number of aromatic nitrogens is 2. The number of rotatable bonds is 2. The molecule has 27 heavy (non-hydrogen) atoms. The fraction of sp³-hybridized carbons (Fsp3) is 0.500. The lowest BCUT2D eigenvalue weighted by Gasteiger charge is -2.35. The van der Waals surface area contributed by atoms with Gasteiger partial charge in [-0.3, -0.25) is 4.79 Å². The maximum Gasteiger partial charge on any atom is 0.188 e. The van der Waals surface area contributed by atoms with Crippen LogP contribution in [0.25, 0.3) is 17.0 Å². The van der Waals surface area contributed by atoms with Crippen LogP contribution in [0.15, 0.2) is 12.1 Å². The monoisotopic (exact) mass is 362 g/mol. The standard InChI is InChI=1S/C22H26N4O/c1-15-23-16-8-9-19(27)21-17(25-10-4-2-5-11-25)14-18(22(24-15)20(16)21)26-12-6-3-7-13-26/h8-9,14H,2-7,10-13H2,1H3. The highest BCUT2D eigenvalue weighted by molar-refractivity contribution is 6.24. The average molecular weight is 362 g/mol. The van der Waals surface area contributed by atoms with Gasteiger partial charge < -0.3 is 9.80 Å². The largest absolute Gasteiger partial charge is 0.371 e. The van der Waals surface area contributed by atoms with E-state index in [1.165, 1.54) is 44.2 Å². The Hall–Kier alpha value is -2.43. The Morgan fingerprint density at radius 1 is 0.815 bits per heavy atom. The molecule has 1 aromatic carbocycles. The lowest BCUT2D eigenvalue weighted by molar-refractivity contribution is 0.104. The molecule has 2 aromatic rings. The Kier molecular flexibility index (Phi) is 4.10. The number of carbonyl (C=O) groups excluding carboxylic acids is 1. The number of benzene rings is 1. The first-order valence-corrected chi connectivity index (χ1v) is 10.3. The van der Waals surface area contributed by atoms with Crippen molar-refractivity contribution < 1.29 is 4.79 Å². The number of nitrogens with zero attached hydrogens (tertiary/aromatic N) is 4. The van der Waals surface area contributed by atoms with Crippen molar-refractivity contribution in [1.82, 2.24) is 9.97 Å². The molecule has 0 N–H and O–H groups in total. The van der Waals surface area contributed by atoms with E-state index in [-0.39, 0.29) is 5.78 Å². The fourth-order valence-corrected chi connectivity index (χ4v) is 4.79. The van der Waals surface area contributed by atoms with Gasteiger partial charge in [0.1, 0.15) is 5.82 Å². The summed E-state index contributed by atoms with van der Waals surface area (Å²) in [5.41, 5.74) is 4.93. The predicted octanol–water partition coefficient (Wildman–Crippen LogP) is 4.13. The first-order valence-electron chi connectivity index (χ1n) is 10.3. The van der Waals surface area contributed by atoms with Crippen LogP contribution >= 0.6 is 0 Å². The molecule has 2 saturated heterocycles. The maximum absolute atomic E-state index is 12.9. The Labute approximate surface area is 160 Å². The van der Waals surface area contributed by atoms with Gasteiger partial charge in [0.05, 0.1) is 28.1 Å². The molecule has 2 aliphatic heterocycles. The van der Waals surface area contributed by atoms with Crippen molar-refractivity contribution in [2.75, 3.05) is 36.0 Å². The normalized spacial score (nSPS) is 19.8. The van der Waals surface area contributed by atoms with Gasteiger partial charge in [-0.25, -0.2) is 9.97 Å². The highest BCUT2D eigenvalue weighted by Gasteiger charge is 2.28. The summed E-state index contributed by atoms with van der Waals surface area (Å²) in [5, 5.41) is 0.955. The number of allylic oxidation sites excluding steroid dienone is 1. The van der Waals surface area contributed by atoms with Crippen molar-refractivity contribution in [1.29, 1.82) is 0 Å². The average Bonchev–Trinajstić information content (AvgIpc) is 2.71. The number of carbonyl (C=O) groups is 1. The molecule has 0 radical (unpaired) electrons. The number of hydrogen-bond donors (Lipinski definition) is 0. The fourth-order valence-electron chi connectivity index (χ4n) is 4.79. The molecule has 0 bridgehead atoms. The second-order valence-corrected chi connectivity index (χ2v) is 7.96. The molecule has 5 heteroatoms. The second kappa shape index (κ2) is 6.63. The van der Waals surface area contributed by atoms with Gasteiger partial charge in [0.25, 0.3) is 0 Å². The van der Waals surface area contributed by atoms with E-state index in [0.717, 1.165) is 59.9 Å². The zero-order valence-corrected chi connectivity index (χ0v) is 16.0. The second-order valence-electron chi connectivity index (χ2n) is 7.96. The summed E-state index contributed by atoms with van der Waals surface area (Å²) in [6, 6.07) is 2.25. The topological polar surface area (TPSA) is 49.3 Å². The highest BCUT2D eigenvalue weighted by Crippen LogP contribution is 2.41. The third-order valence-electron chi connectivity index (χ3n) is 6.10. The zero-order chi connectivity index (χ0) is 18.4. The van der Waals surface area contributed by atoms with Crippen molar-refractivity contribution >= 4 is 34.1 Å². The summed E-state index contributed by atoms with van der Waals surface area (Å²) < 4.78 is 0. The molecular formula is C22H26N4O. The van der Waals surface area contributed by atoms with Gasteiger partial charge >= 0.3 is 0 Å². The van der Waals surface area contributed by atoms with Gasteiger partial charge in [-0.15, -0.1) is 0 Å². The van der Waals surface area contributed by atoms with Gasteiger partial charge in [0.2, 0.25) is 0 Å². The molecule has 140 valence electrons. The van der Waals surface area contributed by atoms with E-state index in [1.807, 2.05) is 13.0 Å². The minimum Gasteiger partial charge on any atom is -0.371 e. The number of aryl methyl sites for hydroxylation is 1. The lowest BCUT2D eigenvalue weighted by Crippen LogP contribution is -2.33. The molecule has 1 aliphatic carbocycles. The third kappa shape index (κ3) is 2.80. The first kappa shape index (κ1) is 16.7. The van der Waals surface area contributed by atoms with Crippen molar-refractivity contribution in [2.24, 2.45) is 0 Å². The Morgan fingerprint density at radius 3 is 2.11 bits per heavy atom. The quantitative estimate of drug-likeness (QED) is 0.804. The van der Waals surface area contributed by atoms with Gasteiger partial charge in [-0.05, 0) is 63.7 Å². The molecule has 0 saturated carbocycles. The number of ketones is 1. The molecule has 0 spiro atoms. The van der Waals surface area contributed by atoms with E-state index in [4.69, 9.17) is 4.98 Å². The molecule has 0 unspecified atom stereocenters. The zero-order valence-electron chi connectivity index (χ0n) is 16.0. The van der Waals surface area contributed by atoms with Crippen molar-refractivity contribution in [3.63, 3.8) is 0 Å². The van der Waals surface area contributed by atoms with Crippen molar-refractivity contribution in [2.45, 2.75) is 45.4 Å². The van der Waals surface area contributed by atoms with E-state index in [9.17, 15) is 4.79 Å². The summed E-state index contributed by atoms with van der Waals surface area (Å²) in [4.78, 5) is 27.3. The van der Waals surface area contributed by atoms with E-state index in [0.29, 0.717) is 0 Å². The van der Waals surface area contributed by atoms with Crippen molar-refractivity contribution in [3.8, 4) is 0 Å². The summed E-state index contributed by atoms with van der Waals surface area (Å²) in [5.74, 6) is 0.858. The summed E-state index contributed by atoms with van der Waals surface area (Å²) >= 11 is 0. The smallest absolute Gasteiger partial charge is 0.188 e. The minimum absolute atomic E-state index is 0.0886.